The predicted octanol–water partition coefficient (Wildman–Crippen LogP) is 6.19. The molecular weight excluding hydrogens is 368 g/mol. The van der Waals surface area contributed by atoms with Gasteiger partial charge in [-0.05, 0) is 98.0 Å². The number of carbonyl (C=O) groups is 2. The van der Waals surface area contributed by atoms with E-state index in [2.05, 4.69) is 44.2 Å². The molecule has 0 aliphatic heterocycles. The van der Waals surface area contributed by atoms with Crippen LogP contribution >= 0.6 is 0 Å². The Morgan fingerprint density at radius 3 is 2.53 bits per heavy atom. The second kappa shape index (κ2) is 7.18. The Morgan fingerprint density at radius 1 is 1.03 bits per heavy atom. The first-order valence-electron chi connectivity index (χ1n) is 12.1. The van der Waals surface area contributed by atoms with Crippen molar-refractivity contribution in [1.29, 1.82) is 0 Å². The molecule has 0 bridgehead atoms. The first kappa shape index (κ1) is 20.2. The molecule has 0 heterocycles. The van der Waals surface area contributed by atoms with E-state index >= 15 is 0 Å². The Balaban J connectivity index is 1.56. The third-order valence-corrected chi connectivity index (χ3v) is 9.97. The Labute approximate surface area is 181 Å². The first-order valence-corrected chi connectivity index (χ1v) is 12.1. The number of hydrogen-bond acceptors (Lipinski definition) is 2. The Hall–Kier alpha value is -1.70. The largest absolute Gasteiger partial charge is 0.300 e. The number of Topliss-reactive ketones (excluding diaryl/α,β-unsaturated/α-hetero) is 1. The van der Waals surface area contributed by atoms with Crippen molar-refractivity contribution < 1.29 is 9.59 Å². The van der Waals surface area contributed by atoms with Crippen molar-refractivity contribution in [2.75, 3.05) is 0 Å². The van der Waals surface area contributed by atoms with Crippen LogP contribution in [0.15, 0.2) is 42.0 Å². The minimum atomic E-state index is 0.171. The van der Waals surface area contributed by atoms with E-state index < -0.39 is 0 Å². The monoisotopic (exact) mass is 404 g/mol. The second-order valence-electron chi connectivity index (χ2n) is 11.3. The quantitative estimate of drug-likeness (QED) is 0.602. The maximum Gasteiger partial charge on any atom is 0.155 e. The highest BCUT2D eigenvalue weighted by Gasteiger charge is 2.61. The van der Waals surface area contributed by atoms with Gasteiger partial charge in [-0.2, -0.15) is 0 Å². The Kier molecular flexibility index (Phi) is 4.84. The standard InChI is InChI=1S/C28H36O2/c1-18(29)23-9-10-24-26-20(15-19-7-5-4-6-8-19)16-21-17-22(30)11-13-27(21,2)25(26)12-14-28(23,24)3/h4-8,17,20,23-26H,9-16H2,1-3H3/t20-,23-,24+,25+,26+,27+,28-/m1/s1. The molecule has 0 spiro atoms. The molecule has 7 atom stereocenters. The first-order chi connectivity index (χ1) is 14.3. The molecule has 0 N–H and O–H groups in total. The fourth-order valence-electron chi connectivity index (χ4n) is 8.50. The van der Waals surface area contributed by atoms with E-state index in [0.29, 0.717) is 41.7 Å². The van der Waals surface area contributed by atoms with Gasteiger partial charge in [-0.3, -0.25) is 9.59 Å². The van der Waals surface area contributed by atoms with Gasteiger partial charge in [0.2, 0.25) is 0 Å². The molecule has 1 aromatic rings. The molecule has 0 saturated heterocycles. The van der Waals surface area contributed by atoms with Crippen LogP contribution in [0.25, 0.3) is 0 Å². The number of rotatable bonds is 3. The van der Waals surface area contributed by atoms with Gasteiger partial charge in [0.15, 0.2) is 5.78 Å². The minimum Gasteiger partial charge on any atom is -0.300 e. The third-order valence-electron chi connectivity index (χ3n) is 9.97. The van der Waals surface area contributed by atoms with Gasteiger partial charge >= 0.3 is 0 Å². The molecule has 3 fully saturated rings. The molecule has 2 heteroatoms. The van der Waals surface area contributed by atoms with Crippen molar-refractivity contribution >= 4 is 11.6 Å². The third kappa shape index (κ3) is 2.97. The lowest BCUT2D eigenvalue weighted by Gasteiger charge is -2.60. The van der Waals surface area contributed by atoms with Crippen LogP contribution in [-0.2, 0) is 16.0 Å². The zero-order valence-corrected chi connectivity index (χ0v) is 18.8. The summed E-state index contributed by atoms with van der Waals surface area (Å²) < 4.78 is 0. The van der Waals surface area contributed by atoms with E-state index in [0.717, 1.165) is 25.7 Å². The van der Waals surface area contributed by atoms with Gasteiger partial charge in [0.1, 0.15) is 5.78 Å². The zero-order chi connectivity index (χ0) is 21.1. The van der Waals surface area contributed by atoms with E-state index in [1.807, 2.05) is 13.0 Å². The lowest BCUT2D eigenvalue weighted by atomic mass is 9.44. The summed E-state index contributed by atoms with van der Waals surface area (Å²) in [5.74, 6) is 3.54. The van der Waals surface area contributed by atoms with Crippen LogP contribution in [0.1, 0.15) is 71.3 Å². The van der Waals surface area contributed by atoms with Gasteiger partial charge in [-0.1, -0.05) is 49.8 Å². The number of fused-ring (bicyclic) bond motifs is 5. The number of hydrogen-bond donors (Lipinski definition) is 0. The topological polar surface area (TPSA) is 34.1 Å². The van der Waals surface area contributed by atoms with Gasteiger partial charge in [0, 0.05) is 12.3 Å². The molecule has 3 saturated carbocycles. The van der Waals surface area contributed by atoms with Crippen LogP contribution in [0, 0.1) is 40.4 Å². The molecule has 160 valence electrons. The van der Waals surface area contributed by atoms with Gasteiger partial charge in [0.25, 0.3) is 0 Å². The lowest BCUT2D eigenvalue weighted by Crippen LogP contribution is -2.54. The molecule has 1 aromatic carbocycles. The molecule has 4 aliphatic rings. The molecule has 0 unspecified atom stereocenters. The highest BCUT2D eigenvalue weighted by Crippen LogP contribution is 2.68. The van der Waals surface area contributed by atoms with Crippen LogP contribution in [-0.4, -0.2) is 11.6 Å². The van der Waals surface area contributed by atoms with Crippen LogP contribution < -0.4 is 0 Å². The summed E-state index contributed by atoms with van der Waals surface area (Å²) >= 11 is 0. The van der Waals surface area contributed by atoms with Crippen LogP contribution in [0.3, 0.4) is 0 Å². The Bertz CT molecular complexity index is 883. The normalized spacial score (nSPS) is 42.7. The van der Waals surface area contributed by atoms with Crippen molar-refractivity contribution in [3.8, 4) is 0 Å². The number of ketones is 2. The summed E-state index contributed by atoms with van der Waals surface area (Å²) in [7, 11) is 0. The molecule has 0 radical (unpaired) electrons. The zero-order valence-electron chi connectivity index (χ0n) is 18.8. The van der Waals surface area contributed by atoms with Gasteiger partial charge in [-0.15, -0.1) is 0 Å². The van der Waals surface area contributed by atoms with Gasteiger partial charge < -0.3 is 0 Å². The van der Waals surface area contributed by atoms with E-state index in [4.69, 9.17) is 0 Å². The van der Waals surface area contributed by atoms with Crippen molar-refractivity contribution in [2.24, 2.45) is 40.4 Å². The summed E-state index contributed by atoms with van der Waals surface area (Å²) in [6, 6.07) is 10.9. The van der Waals surface area contributed by atoms with E-state index in [-0.39, 0.29) is 16.7 Å². The van der Waals surface area contributed by atoms with E-state index in [9.17, 15) is 9.59 Å². The highest BCUT2D eigenvalue weighted by atomic mass is 16.1. The van der Waals surface area contributed by atoms with Crippen molar-refractivity contribution in [1.82, 2.24) is 0 Å². The molecule has 30 heavy (non-hydrogen) atoms. The highest BCUT2D eigenvalue weighted by molar-refractivity contribution is 5.91. The number of allylic oxidation sites excluding steroid dienone is 1. The molecule has 2 nitrogen and oxygen atoms in total. The van der Waals surface area contributed by atoms with Crippen LogP contribution in [0.2, 0.25) is 0 Å². The van der Waals surface area contributed by atoms with Crippen molar-refractivity contribution in [3.63, 3.8) is 0 Å². The maximum atomic E-state index is 12.5. The fraction of sp³-hybridized carbons (Fsp3) is 0.643. The van der Waals surface area contributed by atoms with Crippen molar-refractivity contribution in [3.05, 3.63) is 47.5 Å². The molecular formula is C28H36O2. The van der Waals surface area contributed by atoms with E-state index in [1.54, 1.807) is 0 Å². The lowest BCUT2D eigenvalue weighted by molar-refractivity contribution is -0.130. The van der Waals surface area contributed by atoms with Gasteiger partial charge in [-0.25, -0.2) is 0 Å². The summed E-state index contributed by atoms with van der Waals surface area (Å²) in [4.78, 5) is 24.8. The van der Waals surface area contributed by atoms with Crippen LogP contribution in [0.4, 0.5) is 0 Å². The average molecular weight is 405 g/mol. The second-order valence-corrected chi connectivity index (χ2v) is 11.3. The van der Waals surface area contributed by atoms with Crippen LogP contribution in [0.5, 0.6) is 0 Å². The van der Waals surface area contributed by atoms with Crippen molar-refractivity contribution in [2.45, 2.75) is 72.1 Å². The summed E-state index contributed by atoms with van der Waals surface area (Å²) in [6.45, 7) is 6.72. The number of carbonyl (C=O) groups excluding carboxylic acids is 2. The SMILES string of the molecule is CC(=O)[C@H]1CC[C@H]2[C@@H]3[C@H](Cc4ccccc4)CC4=CC(=O)CC[C@]4(C)[C@H]3CC[C@]12C. The fourth-order valence-corrected chi connectivity index (χ4v) is 8.50. The molecule has 5 rings (SSSR count). The summed E-state index contributed by atoms with van der Waals surface area (Å²) in [5, 5.41) is 0. The average Bonchev–Trinajstić information content (AvgIpc) is 3.07. The predicted molar refractivity (Wildman–Crippen MR) is 120 cm³/mol. The summed E-state index contributed by atoms with van der Waals surface area (Å²) in [6.07, 6.45) is 10.6. The Morgan fingerprint density at radius 2 is 1.80 bits per heavy atom. The number of benzene rings is 1. The maximum absolute atomic E-state index is 12.5. The van der Waals surface area contributed by atoms with E-state index in [1.165, 1.54) is 30.4 Å². The molecule has 4 aliphatic carbocycles. The molecule has 0 aromatic heterocycles. The minimum absolute atomic E-state index is 0.171. The summed E-state index contributed by atoms with van der Waals surface area (Å²) in [5.41, 5.74) is 3.21. The molecule has 0 amide bonds. The van der Waals surface area contributed by atoms with Gasteiger partial charge in [0.05, 0.1) is 0 Å². The smallest absolute Gasteiger partial charge is 0.155 e.